The van der Waals surface area contributed by atoms with Gasteiger partial charge in [-0.1, -0.05) is 18.1 Å². The van der Waals surface area contributed by atoms with E-state index in [2.05, 4.69) is 25.7 Å². The first-order valence-corrected chi connectivity index (χ1v) is 4.26. The first-order chi connectivity index (χ1) is 10.5. The number of benzene rings is 1. The topological polar surface area (TPSA) is 27.1 Å². The van der Waals surface area contributed by atoms with Crippen LogP contribution in [0.2, 0.25) is 0 Å². The lowest BCUT2D eigenvalue weighted by atomic mass is 10.3. The average molecular weight is 262 g/mol. The minimum Gasteiger partial charge on any atom is -0.468 e. The molecule has 1 aromatic carbocycles. The van der Waals surface area contributed by atoms with Crippen LogP contribution in [0.3, 0.4) is 0 Å². The van der Waals surface area contributed by atoms with Crippen molar-refractivity contribution in [2.24, 2.45) is 0 Å². The molecular formula is C10H9BrN2O. The third kappa shape index (κ3) is 1.53. The van der Waals surface area contributed by atoms with Crippen molar-refractivity contribution in [1.29, 1.82) is 0 Å². The summed E-state index contributed by atoms with van der Waals surface area (Å²) >= 11 is 2.99. The standard InChI is InChI=1S/C10H9BrN2O/c1-14-10-12-7-9(11)13(10)8-5-3-2-4-6-8/h2-7H,1H3/i1D3,2D,3D,4D,5D,6D,7D. The highest BCUT2D eigenvalue weighted by Gasteiger charge is 2.08. The van der Waals surface area contributed by atoms with Gasteiger partial charge in [0.2, 0.25) is 0 Å². The maximum Gasteiger partial charge on any atom is 0.301 e. The molecule has 0 aliphatic carbocycles. The molecule has 0 spiro atoms. The number of halogens is 1. The van der Waals surface area contributed by atoms with Crippen LogP contribution in [-0.4, -0.2) is 16.6 Å². The van der Waals surface area contributed by atoms with E-state index in [9.17, 15) is 0 Å². The number of hydrogen-bond donors (Lipinski definition) is 0. The van der Waals surface area contributed by atoms with Gasteiger partial charge in [0.15, 0.2) is 0 Å². The molecule has 0 saturated carbocycles. The van der Waals surface area contributed by atoms with Crippen LogP contribution >= 0.6 is 15.9 Å². The lowest BCUT2D eigenvalue weighted by Crippen LogP contribution is -1.98. The number of para-hydroxylation sites is 1. The van der Waals surface area contributed by atoms with Gasteiger partial charge in [0.1, 0.15) is 4.60 Å². The molecule has 72 valence electrons. The summed E-state index contributed by atoms with van der Waals surface area (Å²) in [5.74, 6) is 0. The van der Waals surface area contributed by atoms with Crippen LogP contribution in [0.15, 0.2) is 41.0 Å². The smallest absolute Gasteiger partial charge is 0.301 e. The van der Waals surface area contributed by atoms with E-state index in [0.717, 1.165) is 4.57 Å². The van der Waals surface area contributed by atoms with Gasteiger partial charge in [-0.25, -0.2) is 4.98 Å². The van der Waals surface area contributed by atoms with Gasteiger partial charge in [0, 0.05) is 0 Å². The molecular weight excluding hydrogens is 244 g/mol. The summed E-state index contributed by atoms with van der Waals surface area (Å²) < 4.78 is 73.1. The second kappa shape index (κ2) is 3.84. The summed E-state index contributed by atoms with van der Waals surface area (Å²) in [5, 5.41) is 0. The molecule has 1 aromatic heterocycles. The van der Waals surface area contributed by atoms with Crippen molar-refractivity contribution in [3.05, 3.63) is 41.0 Å². The van der Waals surface area contributed by atoms with Gasteiger partial charge in [-0.15, -0.1) is 0 Å². The van der Waals surface area contributed by atoms with E-state index < -0.39 is 49.4 Å². The van der Waals surface area contributed by atoms with Gasteiger partial charge in [-0.2, -0.15) is 0 Å². The second-order valence-corrected chi connectivity index (χ2v) is 2.96. The summed E-state index contributed by atoms with van der Waals surface area (Å²) in [6, 6.07) is -3.54. The van der Waals surface area contributed by atoms with E-state index >= 15 is 0 Å². The molecule has 0 aliphatic rings. The monoisotopic (exact) mass is 261 g/mol. The molecule has 4 heteroatoms. The minimum absolute atomic E-state index is 0.102. The van der Waals surface area contributed by atoms with Crippen LogP contribution in [0.4, 0.5) is 0 Å². The third-order valence-electron chi connectivity index (χ3n) is 1.43. The zero-order valence-corrected chi connectivity index (χ0v) is 8.27. The molecule has 0 atom stereocenters. The summed E-state index contributed by atoms with van der Waals surface area (Å²) in [6.45, 7) is 0. The van der Waals surface area contributed by atoms with Crippen molar-refractivity contribution in [1.82, 2.24) is 9.55 Å². The molecule has 14 heavy (non-hydrogen) atoms. The van der Waals surface area contributed by atoms with Crippen LogP contribution in [0.25, 0.3) is 5.69 Å². The summed E-state index contributed by atoms with van der Waals surface area (Å²) in [4.78, 5) is 3.60. The minimum atomic E-state index is -2.89. The zero-order chi connectivity index (χ0) is 17.7. The Hall–Kier alpha value is -1.29. The van der Waals surface area contributed by atoms with E-state index in [1.165, 1.54) is 0 Å². The Kier molecular flexibility index (Phi) is 0.926. The summed E-state index contributed by atoms with van der Waals surface area (Å²) in [6.07, 6.45) is -0.406. The lowest BCUT2D eigenvalue weighted by molar-refractivity contribution is 0.373. The zero-order valence-electron chi connectivity index (χ0n) is 15.7. The maximum absolute atomic E-state index is 7.91. The fourth-order valence-corrected chi connectivity index (χ4v) is 1.31. The molecule has 0 amide bonds. The van der Waals surface area contributed by atoms with E-state index in [1.54, 1.807) is 0 Å². The maximum atomic E-state index is 7.91. The number of methoxy groups -OCH3 is 1. The normalized spacial score (nSPS) is 20.2. The van der Waals surface area contributed by atoms with Gasteiger partial charge in [0.05, 0.1) is 31.2 Å². The molecule has 0 aliphatic heterocycles. The van der Waals surface area contributed by atoms with E-state index in [0.29, 0.717) is 0 Å². The van der Waals surface area contributed by atoms with E-state index in [-0.39, 0.29) is 10.3 Å². The molecule has 0 unspecified atom stereocenters. The average Bonchev–Trinajstić information content (AvgIpc) is 2.69. The van der Waals surface area contributed by atoms with Gasteiger partial charge >= 0.3 is 6.01 Å². The van der Waals surface area contributed by atoms with Crippen LogP contribution in [0, 0.1) is 0 Å². The Balaban J connectivity index is 2.83. The number of hydrogen-bond acceptors (Lipinski definition) is 2. The van der Waals surface area contributed by atoms with Crippen molar-refractivity contribution in [2.45, 2.75) is 0 Å². The van der Waals surface area contributed by atoms with Gasteiger partial charge in [-0.05, 0) is 28.0 Å². The molecule has 1 heterocycles. The number of rotatable bonds is 2. The van der Waals surface area contributed by atoms with Crippen molar-refractivity contribution < 1.29 is 17.1 Å². The number of aromatic nitrogens is 2. The molecule has 0 radical (unpaired) electrons. The van der Waals surface area contributed by atoms with Gasteiger partial charge in [0.25, 0.3) is 0 Å². The van der Waals surface area contributed by atoms with Crippen molar-refractivity contribution in [3.8, 4) is 11.7 Å². The van der Waals surface area contributed by atoms with Gasteiger partial charge < -0.3 is 4.74 Å². The van der Waals surface area contributed by atoms with Crippen LogP contribution in [0.5, 0.6) is 6.01 Å². The molecule has 2 aromatic rings. The molecule has 3 nitrogen and oxygen atoms in total. The highest BCUT2D eigenvalue weighted by Crippen LogP contribution is 2.23. The quantitative estimate of drug-likeness (QED) is 0.831. The Bertz CT molecular complexity index is 757. The highest BCUT2D eigenvalue weighted by atomic mass is 79.9. The molecule has 0 N–H and O–H groups in total. The Morgan fingerprint density at radius 3 is 3.00 bits per heavy atom. The fourth-order valence-electron chi connectivity index (χ4n) is 0.895. The van der Waals surface area contributed by atoms with Crippen molar-refractivity contribution in [3.63, 3.8) is 0 Å². The van der Waals surface area contributed by atoms with E-state index in [1.807, 2.05) is 0 Å². The van der Waals surface area contributed by atoms with Gasteiger partial charge in [-0.3, -0.25) is 4.57 Å². The molecule has 0 saturated heterocycles. The predicted molar refractivity (Wildman–Crippen MR) is 57.8 cm³/mol. The predicted octanol–water partition coefficient (Wildman–Crippen LogP) is 2.64. The highest BCUT2D eigenvalue weighted by molar-refractivity contribution is 9.10. The molecule has 2 rings (SSSR count). The number of imidazole rings is 1. The Morgan fingerprint density at radius 2 is 2.29 bits per heavy atom. The lowest BCUT2D eigenvalue weighted by Gasteiger charge is -2.06. The number of nitrogens with zero attached hydrogens (tertiary/aromatic N) is 2. The number of ether oxygens (including phenoxy) is 1. The van der Waals surface area contributed by atoms with Crippen LogP contribution in [0.1, 0.15) is 12.3 Å². The first-order valence-electron chi connectivity index (χ1n) is 7.97. The Morgan fingerprint density at radius 1 is 1.50 bits per heavy atom. The first kappa shape index (κ1) is 3.38. The van der Waals surface area contributed by atoms with Crippen LogP contribution < -0.4 is 4.74 Å². The third-order valence-corrected chi connectivity index (χ3v) is 1.97. The Labute approximate surface area is 103 Å². The summed E-state index contributed by atoms with van der Waals surface area (Å²) in [7, 11) is -2.89. The largest absolute Gasteiger partial charge is 0.468 e. The summed E-state index contributed by atoms with van der Waals surface area (Å²) in [5.41, 5.74) is -0.367. The van der Waals surface area contributed by atoms with E-state index in [4.69, 9.17) is 12.3 Å². The molecule has 0 bridgehead atoms. The molecule has 0 fully saturated rings. The SMILES string of the molecule is [2H]c1nc(OC([2H])([2H])[2H])n(-c2c([2H])c([2H])c([2H])c([2H])c2[2H])c1Br. The van der Waals surface area contributed by atoms with Crippen molar-refractivity contribution >= 4 is 15.9 Å². The van der Waals surface area contributed by atoms with Crippen LogP contribution in [-0.2, 0) is 0 Å². The van der Waals surface area contributed by atoms with Crippen molar-refractivity contribution in [2.75, 3.05) is 7.04 Å². The fraction of sp³-hybridized carbons (Fsp3) is 0.100. The second-order valence-electron chi connectivity index (χ2n) is 2.21.